The standard InChI is InChI=1S/C27H26N2O4/c1-33-20-14-12-18(13-15-20)23-10-4-16-28(23)24(30)11-5-17-29-26(31)21-8-2-6-19-7-3-9-22(25(19)21)27(29)32/h2-3,6-9,12-15,23H,4-5,10-11,16-17H2,1H3. The molecule has 3 amide bonds. The van der Waals surface area contributed by atoms with Crippen LogP contribution in [0.25, 0.3) is 10.8 Å². The summed E-state index contributed by atoms with van der Waals surface area (Å²) in [5.74, 6) is 0.290. The molecule has 1 fully saturated rings. The maximum absolute atomic E-state index is 13.0. The number of nitrogens with zero attached hydrogens (tertiary/aromatic N) is 2. The molecule has 0 radical (unpaired) electrons. The van der Waals surface area contributed by atoms with Gasteiger partial charge in [0.2, 0.25) is 5.91 Å². The highest BCUT2D eigenvalue weighted by molar-refractivity contribution is 6.25. The second kappa shape index (κ2) is 8.70. The Morgan fingerprint density at radius 2 is 1.64 bits per heavy atom. The predicted octanol–water partition coefficient (Wildman–Crippen LogP) is 4.59. The molecule has 3 aromatic rings. The maximum Gasteiger partial charge on any atom is 0.261 e. The lowest BCUT2D eigenvalue weighted by molar-refractivity contribution is -0.132. The summed E-state index contributed by atoms with van der Waals surface area (Å²) in [7, 11) is 1.64. The number of likely N-dealkylation sites (tertiary alicyclic amines) is 1. The van der Waals surface area contributed by atoms with Crippen LogP contribution in [0.15, 0.2) is 60.7 Å². The van der Waals surface area contributed by atoms with Crippen molar-refractivity contribution in [2.45, 2.75) is 31.7 Å². The second-order valence-corrected chi connectivity index (χ2v) is 8.59. The lowest BCUT2D eigenvalue weighted by atomic mass is 9.94. The first-order valence-corrected chi connectivity index (χ1v) is 11.4. The van der Waals surface area contributed by atoms with E-state index in [4.69, 9.17) is 4.74 Å². The fourth-order valence-electron chi connectivity index (χ4n) is 5.05. The van der Waals surface area contributed by atoms with E-state index in [0.717, 1.165) is 41.5 Å². The molecule has 5 rings (SSSR count). The van der Waals surface area contributed by atoms with Crippen LogP contribution in [0, 0.1) is 0 Å². The van der Waals surface area contributed by atoms with Crippen LogP contribution in [0.3, 0.4) is 0 Å². The Morgan fingerprint density at radius 3 is 2.27 bits per heavy atom. The van der Waals surface area contributed by atoms with E-state index in [-0.39, 0.29) is 30.3 Å². The van der Waals surface area contributed by atoms with Crippen molar-refractivity contribution in [3.63, 3.8) is 0 Å². The number of carbonyl (C=O) groups excluding carboxylic acids is 3. The fraction of sp³-hybridized carbons (Fsp3) is 0.296. The number of hydrogen-bond acceptors (Lipinski definition) is 4. The first kappa shape index (κ1) is 21.2. The lowest BCUT2D eigenvalue weighted by Gasteiger charge is -2.28. The van der Waals surface area contributed by atoms with E-state index in [1.54, 1.807) is 19.2 Å². The van der Waals surface area contributed by atoms with Gasteiger partial charge in [-0.25, -0.2) is 0 Å². The van der Waals surface area contributed by atoms with Gasteiger partial charge < -0.3 is 9.64 Å². The Morgan fingerprint density at radius 1 is 0.970 bits per heavy atom. The molecule has 168 valence electrons. The monoisotopic (exact) mass is 442 g/mol. The molecule has 33 heavy (non-hydrogen) atoms. The first-order chi connectivity index (χ1) is 16.1. The summed E-state index contributed by atoms with van der Waals surface area (Å²) in [5.41, 5.74) is 2.20. The highest BCUT2D eigenvalue weighted by Crippen LogP contribution is 2.34. The van der Waals surface area contributed by atoms with Crippen LogP contribution in [0.2, 0.25) is 0 Å². The number of hydrogen-bond donors (Lipinski definition) is 0. The fourth-order valence-corrected chi connectivity index (χ4v) is 5.05. The summed E-state index contributed by atoms with van der Waals surface area (Å²) in [6.07, 6.45) is 2.64. The van der Waals surface area contributed by atoms with Gasteiger partial charge in [0.15, 0.2) is 0 Å². The van der Waals surface area contributed by atoms with Crippen LogP contribution in [0.4, 0.5) is 0 Å². The molecule has 1 unspecified atom stereocenters. The van der Waals surface area contributed by atoms with E-state index < -0.39 is 0 Å². The van der Waals surface area contributed by atoms with Gasteiger partial charge in [0.05, 0.1) is 13.2 Å². The summed E-state index contributed by atoms with van der Waals surface area (Å²) in [4.78, 5) is 42.3. The Kier molecular flexibility index (Phi) is 5.58. The lowest BCUT2D eigenvalue weighted by Crippen LogP contribution is -2.41. The Labute approximate surface area is 192 Å². The van der Waals surface area contributed by atoms with Crippen LogP contribution >= 0.6 is 0 Å². The van der Waals surface area contributed by atoms with Crippen LogP contribution < -0.4 is 4.74 Å². The zero-order valence-corrected chi connectivity index (χ0v) is 18.6. The van der Waals surface area contributed by atoms with Gasteiger partial charge in [0, 0.05) is 36.0 Å². The number of rotatable bonds is 6. The molecule has 0 spiro atoms. The SMILES string of the molecule is COc1ccc(C2CCCN2C(=O)CCCN2C(=O)c3cccc4cccc(c34)C2=O)cc1. The molecule has 0 saturated carbocycles. The van der Waals surface area contributed by atoms with E-state index in [0.29, 0.717) is 24.0 Å². The molecule has 0 bridgehead atoms. The summed E-state index contributed by atoms with van der Waals surface area (Å²) >= 11 is 0. The van der Waals surface area contributed by atoms with Crippen molar-refractivity contribution in [1.29, 1.82) is 0 Å². The van der Waals surface area contributed by atoms with E-state index in [9.17, 15) is 14.4 Å². The van der Waals surface area contributed by atoms with E-state index >= 15 is 0 Å². The first-order valence-electron chi connectivity index (χ1n) is 11.4. The molecule has 2 aliphatic heterocycles. The molecule has 2 aliphatic rings. The van der Waals surface area contributed by atoms with Crippen molar-refractivity contribution in [3.8, 4) is 5.75 Å². The minimum Gasteiger partial charge on any atom is -0.497 e. The molecule has 0 N–H and O–H groups in total. The molecule has 3 aromatic carbocycles. The average Bonchev–Trinajstić information content (AvgIpc) is 3.34. The zero-order valence-electron chi connectivity index (χ0n) is 18.6. The van der Waals surface area contributed by atoms with Gasteiger partial charge in [-0.15, -0.1) is 0 Å². The van der Waals surface area contributed by atoms with Crippen molar-refractivity contribution < 1.29 is 19.1 Å². The number of ether oxygens (including phenoxy) is 1. The number of imide groups is 1. The topological polar surface area (TPSA) is 66.9 Å². The molecule has 1 atom stereocenters. The van der Waals surface area contributed by atoms with Crippen molar-refractivity contribution in [3.05, 3.63) is 77.4 Å². The Bertz CT molecular complexity index is 1180. The van der Waals surface area contributed by atoms with Gasteiger partial charge in [0.25, 0.3) is 11.8 Å². The molecular formula is C27H26N2O4. The average molecular weight is 443 g/mol. The smallest absolute Gasteiger partial charge is 0.261 e. The van der Waals surface area contributed by atoms with E-state index in [1.807, 2.05) is 53.4 Å². The van der Waals surface area contributed by atoms with Crippen LogP contribution in [0.5, 0.6) is 5.75 Å². The third kappa shape index (κ3) is 3.75. The highest BCUT2D eigenvalue weighted by atomic mass is 16.5. The number of benzene rings is 3. The summed E-state index contributed by atoms with van der Waals surface area (Å²) in [6.45, 7) is 0.960. The van der Waals surface area contributed by atoms with Crippen molar-refractivity contribution in [2.24, 2.45) is 0 Å². The predicted molar refractivity (Wildman–Crippen MR) is 125 cm³/mol. The number of methoxy groups -OCH3 is 1. The molecule has 2 heterocycles. The summed E-state index contributed by atoms with van der Waals surface area (Å²) in [5, 5.41) is 1.61. The summed E-state index contributed by atoms with van der Waals surface area (Å²) in [6, 6.07) is 18.9. The Hall–Kier alpha value is -3.67. The molecule has 0 aromatic heterocycles. The number of amides is 3. The molecular weight excluding hydrogens is 416 g/mol. The minimum absolute atomic E-state index is 0.0612. The van der Waals surface area contributed by atoms with Crippen molar-refractivity contribution in [1.82, 2.24) is 9.80 Å². The maximum atomic E-state index is 13.0. The quantitative estimate of drug-likeness (QED) is 0.524. The van der Waals surface area contributed by atoms with Gasteiger partial charge >= 0.3 is 0 Å². The molecule has 6 nitrogen and oxygen atoms in total. The third-order valence-corrected chi connectivity index (χ3v) is 6.70. The normalized spacial score (nSPS) is 17.7. The van der Waals surface area contributed by atoms with Gasteiger partial charge in [0.1, 0.15) is 5.75 Å². The van der Waals surface area contributed by atoms with Gasteiger partial charge in [-0.3, -0.25) is 19.3 Å². The molecule has 0 aliphatic carbocycles. The van der Waals surface area contributed by atoms with Crippen LogP contribution in [-0.4, -0.2) is 47.7 Å². The van der Waals surface area contributed by atoms with Gasteiger partial charge in [-0.05, 0) is 54.5 Å². The highest BCUT2D eigenvalue weighted by Gasteiger charge is 2.33. The largest absolute Gasteiger partial charge is 0.497 e. The summed E-state index contributed by atoms with van der Waals surface area (Å²) < 4.78 is 5.23. The van der Waals surface area contributed by atoms with Gasteiger partial charge in [-0.1, -0.05) is 36.4 Å². The van der Waals surface area contributed by atoms with Crippen molar-refractivity contribution >= 4 is 28.5 Å². The zero-order chi connectivity index (χ0) is 22.9. The minimum atomic E-state index is -0.283. The molecule has 6 heteroatoms. The van der Waals surface area contributed by atoms with Crippen LogP contribution in [-0.2, 0) is 4.79 Å². The molecule has 1 saturated heterocycles. The Balaban J connectivity index is 1.25. The van der Waals surface area contributed by atoms with Crippen molar-refractivity contribution in [2.75, 3.05) is 20.2 Å². The third-order valence-electron chi connectivity index (χ3n) is 6.70. The van der Waals surface area contributed by atoms with E-state index in [2.05, 4.69) is 0 Å². The van der Waals surface area contributed by atoms with Crippen LogP contribution in [0.1, 0.15) is 58.0 Å². The number of carbonyl (C=O) groups is 3. The van der Waals surface area contributed by atoms with E-state index in [1.165, 1.54) is 4.90 Å². The second-order valence-electron chi connectivity index (χ2n) is 8.59. The van der Waals surface area contributed by atoms with Gasteiger partial charge in [-0.2, -0.15) is 0 Å².